The molecule has 6 nitrogen and oxygen atoms in total. The number of sulfonamides is 1. The van der Waals surface area contributed by atoms with E-state index in [1.807, 2.05) is 6.20 Å². The van der Waals surface area contributed by atoms with Crippen LogP contribution in [0.15, 0.2) is 48.1 Å². The molecule has 0 aliphatic rings. The lowest BCUT2D eigenvalue weighted by Crippen LogP contribution is -2.23. The molecule has 0 amide bonds. The highest BCUT2D eigenvalue weighted by Crippen LogP contribution is 2.14. The lowest BCUT2D eigenvalue weighted by molar-refractivity contribution is 0.584. The molecule has 112 valence electrons. The van der Waals surface area contributed by atoms with Gasteiger partial charge in [0.25, 0.3) is 0 Å². The molecule has 0 aliphatic carbocycles. The number of rotatable bonds is 7. The van der Waals surface area contributed by atoms with E-state index in [4.69, 9.17) is 0 Å². The highest BCUT2D eigenvalue weighted by atomic mass is 32.2. The largest absolute Gasteiger partial charge is 0.381 e. The van der Waals surface area contributed by atoms with Crippen LogP contribution >= 0.6 is 0 Å². The molecule has 0 saturated carbocycles. The van der Waals surface area contributed by atoms with Crippen molar-refractivity contribution < 1.29 is 8.42 Å². The van der Waals surface area contributed by atoms with Crippen LogP contribution in [-0.2, 0) is 16.6 Å². The minimum atomic E-state index is -3.40. The van der Waals surface area contributed by atoms with Crippen molar-refractivity contribution in [2.75, 3.05) is 11.9 Å². The molecule has 0 aliphatic heterocycles. The van der Waals surface area contributed by atoms with Crippen LogP contribution < -0.4 is 10.0 Å². The first-order valence-corrected chi connectivity index (χ1v) is 8.02. The molecular weight excluding hydrogens is 288 g/mol. The van der Waals surface area contributed by atoms with Gasteiger partial charge in [-0.15, -0.1) is 0 Å². The van der Waals surface area contributed by atoms with Gasteiger partial charge in [-0.3, -0.25) is 0 Å². The van der Waals surface area contributed by atoms with E-state index in [0.29, 0.717) is 13.1 Å². The molecule has 0 atom stereocenters. The molecule has 7 heteroatoms. The maximum Gasteiger partial charge on any atom is 0.240 e. The summed E-state index contributed by atoms with van der Waals surface area (Å²) in [5.41, 5.74) is 1.86. The molecule has 0 saturated heterocycles. The Labute approximate surface area is 124 Å². The SMILES string of the molecule is C=Cn1cc(CNc2ccc(S(=O)(=O)NCC)cc2)cn1. The molecule has 2 N–H and O–H groups in total. The van der Waals surface area contributed by atoms with E-state index in [-0.39, 0.29) is 4.90 Å². The second-order valence-corrected chi connectivity index (χ2v) is 6.16. The summed E-state index contributed by atoms with van der Waals surface area (Å²) in [6, 6.07) is 6.63. The van der Waals surface area contributed by atoms with E-state index < -0.39 is 10.0 Å². The van der Waals surface area contributed by atoms with Gasteiger partial charge in [0, 0.05) is 36.7 Å². The van der Waals surface area contributed by atoms with Crippen molar-refractivity contribution in [3.8, 4) is 0 Å². The lowest BCUT2D eigenvalue weighted by atomic mass is 10.3. The molecule has 0 bridgehead atoms. The summed E-state index contributed by atoms with van der Waals surface area (Å²) in [7, 11) is -3.40. The first-order valence-electron chi connectivity index (χ1n) is 6.54. The van der Waals surface area contributed by atoms with E-state index in [0.717, 1.165) is 11.3 Å². The molecule has 2 aromatic rings. The first kappa shape index (κ1) is 15.3. The normalized spacial score (nSPS) is 11.3. The van der Waals surface area contributed by atoms with Crippen molar-refractivity contribution in [2.45, 2.75) is 18.4 Å². The molecule has 0 spiro atoms. The zero-order valence-electron chi connectivity index (χ0n) is 11.8. The quantitative estimate of drug-likeness (QED) is 0.819. The Kier molecular flexibility index (Phi) is 4.77. The van der Waals surface area contributed by atoms with Gasteiger partial charge in [0.15, 0.2) is 0 Å². The molecule has 0 radical (unpaired) electrons. The third-order valence-corrected chi connectivity index (χ3v) is 4.40. The average Bonchev–Trinajstić information content (AvgIpc) is 2.93. The van der Waals surface area contributed by atoms with Gasteiger partial charge < -0.3 is 5.32 Å². The standard InChI is InChI=1S/C14H18N4O2S/c1-3-17-21(19,20)14-7-5-13(6-8-14)15-9-12-10-16-18(4-2)11-12/h4-8,10-11,15,17H,2-3,9H2,1H3. The van der Waals surface area contributed by atoms with E-state index in [1.165, 1.54) is 0 Å². The maximum atomic E-state index is 11.8. The van der Waals surface area contributed by atoms with Gasteiger partial charge >= 0.3 is 0 Å². The third-order valence-electron chi connectivity index (χ3n) is 2.84. The van der Waals surface area contributed by atoms with Crippen LogP contribution in [0.4, 0.5) is 5.69 Å². The predicted molar refractivity (Wildman–Crippen MR) is 83.2 cm³/mol. The van der Waals surface area contributed by atoms with Gasteiger partial charge in [0.05, 0.1) is 11.1 Å². The van der Waals surface area contributed by atoms with Crippen LogP contribution in [0.2, 0.25) is 0 Å². The number of nitrogens with zero attached hydrogens (tertiary/aromatic N) is 2. The summed E-state index contributed by atoms with van der Waals surface area (Å²) in [4.78, 5) is 0.259. The predicted octanol–water partition coefficient (Wildman–Crippen LogP) is 1.89. The minimum Gasteiger partial charge on any atom is -0.381 e. The summed E-state index contributed by atoms with van der Waals surface area (Å²) >= 11 is 0. The molecule has 0 unspecified atom stereocenters. The summed E-state index contributed by atoms with van der Waals surface area (Å²) in [6.07, 6.45) is 5.23. The Morgan fingerprint density at radius 2 is 2.05 bits per heavy atom. The fraction of sp³-hybridized carbons (Fsp3) is 0.214. The fourth-order valence-corrected chi connectivity index (χ4v) is 2.84. The molecule has 1 heterocycles. The van der Waals surface area contributed by atoms with Gasteiger partial charge in [-0.25, -0.2) is 17.8 Å². The summed E-state index contributed by atoms with van der Waals surface area (Å²) in [5.74, 6) is 0. The van der Waals surface area contributed by atoms with Crippen molar-refractivity contribution in [3.63, 3.8) is 0 Å². The van der Waals surface area contributed by atoms with Crippen molar-refractivity contribution in [2.24, 2.45) is 0 Å². The van der Waals surface area contributed by atoms with Crippen LogP contribution in [0.1, 0.15) is 12.5 Å². The lowest BCUT2D eigenvalue weighted by Gasteiger charge is -2.07. The highest BCUT2D eigenvalue weighted by Gasteiger charge is 2.11. The second-order valence-electron chi connectivity index (χ2n) is 4.39. The number of hydrogen-bond acceptors (Lipinski definition) is 4. The smallest absolute Gasteiger partial charge is 0.240 e. The number of anilines is 1. The average molecular weight is 306 g/mol. The van der Waals surface area contributed by atoms with E-state index >= 15 is 0 Å². The molecule has 1 aromatic carbocycles. The molecular formula is C14H18N4O2S. The van der Waals surface area contributed by atoms with Crippen LogP contribution in [-0.4, -0.2) is 24.7 Å². The molecule has 21 heavy (non-hydrogen) atoms. The van der Waals surface area contributed by atoms with Gasteiger partial charge in [0.1, 0.15) is 0 Å². The van der Waals surface area contributed by atoms with Crippen LogP contribution in [0.3, 0.4) is 0 Å². The van der Waals surface area contributed by atoms with Gasteiger partial charge in [-0.2, -0.15) is 5.10 Å². The molecule has 2 rings (SSSR count). The Bertz CT molecular complexity index is 705. The van der Waals surface area contributed by atoms with Gasteiger partial charge in [-0.05, 0) is 24.3 Å². The number of hydrogen-bond donors (Lipinski definition) is 2. The summed E-state index contributed by atoms with van der Waals surface area (Å²) in [5, 5.41) is 7.29. The number of nitrogens with one attached hydrogen (secondary N) is 2. The van der Waals surface area contributed by atoms with Crippen LogP contribution in [0, 0.1) is 0 Å². The first-order chi connectivity index (χ1) is 10.0. The minimum absolute atomic E-state index is 0.259. The highest BCUT2D eigenvalue weighted by molar-refractivity contribution is 7.89. The Morgan fingerprint density at radius 1 is 1.33 bits per heavy atom. The molecule has 0 fully saturated rings. The van der Waals surface area contributed by atoms with E-state index in [1.54, 1.807) is 48.3 Å². The van der Waals surface area contributed by atoms with Crippen LogP contribution in [0.5, 0.6) is 0 Å². The number of aromatic nitrogens is 2. The maximum absolute atomic E-state index is 11.8. The number of benzene rings is 1. The van der Waals surface area contributed by atoms with E-state index in [9.17, 15) is 8.42 Å². The molecule has 1 aromatic heterocycles. The fourth-order valence-electron chi connectivity index (χ4n) is 1.80. The van der Waals surface area contributed by atoms with Gasteiger partial charge in [-0.1, -0.05) is 13.5 Å². The Hall–Kier alpha value is -2.12. The van der Waals surface area contributed by atoms with Crippen molar-refractivity contribution in [3.05, 3.63) is 48.8 Å². The zero-order valence-corrected chi connectivity index (χ0v) is 12.6. The Balaban J connectivity index is 2.01. The topological polar surface area (TPSA) is 76.0 Å². The van der Waals surface area contributed by atoms with Gasteiger partial charge in [0.2, 0.25) is 10.0 Å². The van der Waals surface area contributed by atoms with Crippen molar-refractivity contribution >= 4 is 21.9 Å². The Morgan fingerprint density at radius 3 is 2.62 bits per heavy atom. The van der Waals surface area contributed by atoms with E-state index in [2.05, 4.69) is 21.7 Å². The van der Waals surface area contributed by atoms with Crippen molar-refractivity contribution in [1.82, 2.24) is 14.5 Å². The van der Waals surface area contributed by atoms with Crippen molar-refractivity contribution in [1.29, 1.82) is 0 Å². The monoisotopic (exact) mass is 306 g/mol. The third kappa shape index (κ3) is 3.93. The summed E-state index contributed by atoms with van der Waals surface area (Å²) < 4.78 is 27.7. The second kappa shape index (κ2) is 6.55. The van der Waals surface area contributed by atoms with Crippen LogP contribution in [0.25, 0.3) is 6.20 Å². The summed E-state index contributed by atoms with van der Waals surface area (Å²) in [6.45, 7) is 6.35. The zero-order chi connectivity index (χ0) is 15.3.